The van der Waals surface area contributed by atoms with E-state index in [4.69, 9.17) is 16.7 Å². The first kappa shape index (κ1) is 29.3. The van der Waals surface area contributed by atoms with Crippen LogP contribution in [0.2, 0.25) is 0 Å². The fraction of sp³-hybridized carbons (Fsp3) is 0.800. The third-order valence-electron chi connectivity index (χ3n) is 5.19. The van der Waals surface area contributed by atoms with Gasteiger partial charge in [0, 0.05) is 31.1 Å². The van der Waals surface area contributed by atoms with E-state index in [0.29, 0.717) is 12.1 Å². The fourth-order valence-electron chi connectivity index (χ4n) is 3.34. The molecular weight excluding hydrogens is 455 g/mol. The molecule has 2 aliphatic heterocycles. The van der Waals surface area contributed by atoms with Gasteiger partial charge in [0.25, 0.3) is 0 Å². The highest BCUT2D eigenvalue weighted by Crippen LogP contribution is 2.20. The van der Waals surface area contributed by atoms with Crippen LogP contribution in [0, 0.1) is 11.8 Å². The molecule has 174 valence electrons. The van der Waals surface area contributed by atoms with Crippen LogP contribution in [0.3, 0.4) is 0 Å². The van der Waals surface area contributed by atoms with Gasteiger partial charge in [0.05, 0.1) is 5.92 Å². The SMILES string of the molecule is CC(C)N1CCCC(C(=O)Cl)C1.CC(C)N1CCCC(C(=O)O)C1.O=C(Cl)C(=O)Cl. The molecule has 0 aromatic carbocycles. The van der Waals surface area contributed by atoms with Crippen LogP contribution in [-0.2, 0) is 19.2 Å². The molecule has 1 N–H and O–H groups in total. The van der Waals surface area contributed by atoms with Crippen molar-refractivity contribution >= 4 is 56.5 Å². The van der Waals surface area contributed by atoms with E-state index in [0.717, 1.165) is 51.9 Å². The molecule has 0 radical (unpaired) electrons. The van der Waals surface area contributed by atoms with E-state index in [1.54, 1.807) is 0 Å². The summed E-state index contributed by atoms with van der Waals surface area (Å²) < 4.78 is 0. The summed E-state index contributed by atoms with van der Waals surface area (Å²) in [6, 6.07) is 1.01. The van der Waals surface area contributed by atoms with Crippen molar-refractivity contribution in [2.24, 2.45) is 11.8 Å². The topological polar surface area (TPSA) is 95.0 Å². The van der Waals surface area contributed by atoms with Gasteiger partial charge in [-0.15, -0.1) is 0 Å². The first-order valence-electron chi connectivity index (χ1n) is 10.2. The molecule has 0 aliphatic carbocycles. The quantitative estimate of drug-likeness (QED) is 0.468. The molecule has 0 spiro atoms. The summed E-state index contributed by atoms with van der Waals surface area (Å²) in [6.07, 6.45) is 3.93. The summed E-state index contributed by atoms with van der Waals surface area (Å²) in [5, 5.41) is 6.36. The van der Waals surface area contributed by atoms with Gasteiger partial charge < -0.3 is 14.9 Å². The van der Waals surface area contributed by atoms with Gasteiger partial charge in [-0.05, 0) is 101 Å². The minimum atomic E-state index is -1.14. The minimum Gasteiger partial charge on any atom is -0.481 e. The van der Waals surface area contributed by atoms with Crippen molar-refractivity contribution in [2.45, 2.75) is 65.5 Å². The molecule has 30 heavy (non-hydrogen) atoms. The van der Waals surface area contributed by atoms with Gasteiger partial charge >= 0.3 is 16.5 Å². The van der Waals surface area contributed by atoms with Gasteiger partial charge in [-0.2, -0.15) is 0 Å². The summed E-state index contributed by atoms with van der Waals surface area (Å²) in [5.74, 6) is -0.704. The first-order valence-corrected chi connectivity index (χ1v) is 11.3. The van der Waals surface area contributed by atoms with Crippen molar-refractivity contribution in [3.05, 3.63) is 0 Å². The standard InChI is InChI=1S/C9H16ClNO.C9H17NO2.C2Cl2O2/c1-7(2)11-5-3-4-8(6-11)9(10)12;1-7(2)10-5-3-4-8(6-10)9(11)12;3-1(5)2(4)6/h7-8H,3-6H2,1-2H3;7-8H,3-6H2,1-2H3,(H,11,12);. The zero-order valence-corrected chi connectivity index (χ0v) is 20.3. The second-order valence-electron chi connectivity index (χ2n) is 8.05. The normalized spacial score (nSPS) is 22.4. The van der Waals surface area contributed by atoms with Gasteiger partial charge in [-0.25, -0.2) is 0 Å². The molecule has 2 heterocycles. The Balaban J connectivity index is 0.000000447. The molecule has 0 bridgehead atoms. The molecule has 2 saturated heterocycles. The van der Waals surface area contributed by atoms with E-state index < -0.39 is 16.5 Å². The largest absolute Gasteiger partial charge is 0.481 e. The van der Waals surface area contributed by atoms with E-state index in [1.807, 2.05) is 0 Å². The summed E-state index contributed by atoms with van der Waals surface area (Å²) in [6.45, 7) is 12.3. The molecule has 0 saturated carbocycles. The van der Waals surface area contributed by atoms with Crippen LogP contribution in [0.4, 0.5) is 0 Å². The maximum atomic E-state index is 10.9. The molecule has 2 atom stereocenters. The Labute approximate surface area is 194 Å². The van der Waals surface area contributed by atoms with Crippen LogP contribution in [0.15, 0.2) is 0 Å². The number of likely N-dealkylation sites (tertiary alicyclic amines) is 2. The summed E-state index contributed by atoms with van der Waals surface area (Å²) in [7, 11) is 0. The Kier molecular flexibility index (Phi) is 14.8. The van der Waals surface area contributed by atoms with E-state index in [-0.39, 0.29) is 17.1 Å². The monoisotopic (exact) mass is 486 g/mol. The van der Waals surface area contributed by atoms with Crippen molar-refractivity contribution < 1.29 is 24.3 Å². The number of carbonyl (C=O) groups is 4. The number of halogens is 3. The lowest BCUT2D eigenvalue weighted by Gasteiger charge is -2.33. The molecule has 0 amide bonds. The number of piperidine rings is 2. The van der Waals surface area contributed by atoms with E-state index in [2.05, 4.69) is 60.7 Å². The Morgan fingerprint density at radius 1 is 0.767 bits per heavy atom. The van der Waals surface area contributed by atoms with Crippen molar-refractivity contribution in [2.75, 3.05) is 26.2 Å². The Bertz CT molecular complexity index is 537. The highest BCUT2D eigenvalue weighted by molar-refractivity contribution is 6.97. The number of hydrogen-bond acceptors (Lipinski definition) is 6. The Hall–Kier alpha value is -0.730. The number of rotatable bonds is 5. The van der Waals surface area contributed by atoms with Crippen molar-refractivity contribution in [3.8, 4) is 0 Å². The molecule has 10 heteroatoms. The highest BCUT2D eigenvalue weighted by Gasteiger charge is 2.26. The number of nitrogens with zero attached hydrogens (tertiary/aromatic N) is 2. The van der Waals surface area contributed by atoms with Crippen LogP contribution in [0.25, 0.3) is 0 Å². The summed E-state index contributed by atoms with van der Waals surface area (Å²) in [5.41, 5.74) is 0. The lowest BCUT2D eigenvalue weighted by atomic mass is 9.97. The van der Waals surface area contributed by atoms with Crippen LogP contribution in [-0.4, -0.2) is 74.9 Å². The number of carboxylic acids is 1. The maximum Gasteiger partial charge on any atom is 0.307 e. The lowest BCUT2D eigenvalue weighted by Crippen LogP contribution is -2.42. The predicted octanol–water partition coefficient (Wildman–Crippen LogP) is 3.58. The van der Waals surface area contributed by atoms with Gasteiger partial charge in [0.15, 0.2) is 0 Å². The number of carboxylic acid groups (broad SMARTS) is 1. The third kappa shape index (κ3) is 12.2. The molecule has 2 rings (SSSR count). The number of aliphatic carboxylic acids is 1. The van der Waals surface area contributed by atoms with Gasteiger partial charge in [0.2, 0.25) is 5.24 Å². The molecule has 2 fully saturated rings. The van der Waals surface area contributed by atoms with Crippen molar-refractivity contribution in [3.63, 3.8) is 0 Å². The van der Waals surface area contributed by atoms with Crippen LogP contribution in [0.5, 0.6) is 0 Å². The Morgan fingerprint density at radius 2 is 1.13 bits per heavy atom. The molecule has 7 nitrogen and oxygen atoms in total. The average Bonchev–Trinajstić information content (AvgIpc) is 2.69. The molecule has 0 aromatic rings. The zero-order chi connectivity index (χ0) is 23.4. The van der Waals surface area contributed by atoms with Crippen LogP contribution < -0.4 is 0 Å². The Morgan fingerprint density at radius 3 is 1.43 bits per heavy atom. The van der Waals surface area contributed by atoms with E-state index >= 15 is 0 Å². The second-order valence-corrected chi connectivity index (χ2v) is 9.10. The molecular formula is C20H33Cl3N2O5. The number of carbonyl (C=O) groups excluding carboxylic acids is 3. The minimum absolute atomic E-state index is 0.0721. The predicted molar refractivity (Wildman–Crippen MR) is 119 cm³/mol. The van der Waals surface area contributed by atoms with Gasteiger partial charge in [-0.1, -0.05) is 0 Å². The van der Waals surface area contributed by atoms with Gasteiger partial charge in [-0.3, -0.25) is 19.2 Å². The van der Waals surface area contributed by atoms with Gasteiger partial charge in [0.1, 0.15) is 0 Å². The van der Waals surface area contributed by atoms with Crippen molar-refractivity contribution in [1.82, 2.24) is 9.80 Å². The zero-order valence-electron chi connectivity index (χ0n) is 18.1. The molecule has 0 aromatic heterocycles. The first-order chi connectivity index (χ1) is 13.9. The summed E-state index contributed by atoms with van der Waals surface area (Å²) >= 11 is 14.4. The third-order valence-corrected chi connectivity index (χ3v) is 5.94. The fourth-order valence-corrected chi connectivity index (χ4v) is 3.52. The average molecular weight is 488 g/mol. The smallest absolute Gasteiger partial charge is 0.307 e. The molecule has 2 aliphatic rings. The summed E-state index contributed by atoms with van der Waals surface area (Å²) in [4.78, 5) is 45.0. The molecule has 2 unspecified atom stereocenters. The van der Waals surface area contributed by atoms with Crippen LogP contribution in [0.1, 0.15) is 53.4 Å². The van der Waals surface area contributed by atoms with Crippen LogP contribution >= 0.6 is 34.8 Å². The lowest BCUT2D eigenvalue weighted by molar-refractivity contribution is -0.143. The van der Waals surface area contributed by atoms with E-state index in [9.17, 15) is 19.2 Å². The maximum absolute atomic E-state index is 10.9. The number of hydrogen-bond donors (Lipinski definition) is 1. The van der Waals surface area contributed by atoms with Crippen molar-refractivity contribution in [1.29, 1.82) is 0 Å². The second kappa shape index (κ2) is 15.1. The highest BCUT2D eigenvalue weighted by atomic mass is 35.5. The van der Waals surface area contributed by atoms with E-state index in [1.165, 1.54) is 0 Å².